The van der Waals surface area contributed by atoms with Crippen molar-refractivity contribution in [3.63, 3.8) is 0 Å². The second-order valence-electron chi connectivity index (χ2n) is 1.92. The topological polar surface area (TPSA) is 206 Å². The van der Waals surface area contributed by atoms with Crippen molar-refractivity contribution >= 4 is 0 Å². The number of methoxy groups -OCH3 is 1. The third kappa shape index (κ3) is 44.6. The van der Waals surface area contributed by atoms with Crippen molar-refractivity contribution in [2.45, 2.75) is 6.61 Å². The number of ether oxygens (including phenoxy) is 1. The minimum absolute atomic E-state index is 0. The van der Waals surface area contributed by atoms with Crippen molar-refractivity contribution in [1.29, 1.82) is 0 Å². The molecule has 0 saturated heterocycles. The van der Waals surface area contributed by atoms with Gasteiger partial charge in [-0.2, -0.15) is 0 Å². The summed E-state index contributed by atoms with van der Waals surface area (Å²) in [6.45, 7) is 0.709. The van der Waals surface area contributed by atoms with Crippen LogP contribution in [0.25, 0.3) is 28.0 Å². The van der Waals surface area contributed by atoms with E-state index in [0.717, 1.165) is 0 Å². The third-order valence-corrected chi connectivity index (χ3v) is 1.15. The molecule has 0 unspecified atom stereocenters. The maximum atomic E-state index is 7.25. The molecular weight excluding hydrogens is 446 g/mol. The molecule has 0 bridgehead atoms. The Morgan fingerprint density at radius 1 is 0.750 bits per heavy atom. The van der Waals surface area contributed by atoms with Crippen LogP contribution >= 0.6 is 0 Å². The Balaban J connectivity index is -0.0000000384. The van der Waals surface area contributed by atoms with Gasteiger partial charge in [-0.15, -0.1) is 0 Å². The van der Waals surface area contributed by atoms with Gasteiger partial charge in [0.05, 0.1) is 6.61 Å². The number of nitroso groups, excluding NO2 is 5. The van der Waals surface area contributed by atoms with Crippen LogP contribution in [0, 0.1) is 24.5 Å². The Bertz CT molecular complexity index is 236. The molecule has 11 nitrogen and oxygen atoms in total. The predicted octanol–water partition coefficient (Wildman–Crippen LogP) is 3.44. The fourth-order valence-electron chi connectivity index (χ4n) is 0.741. The minimum Gasteiger partial charge on any atom is -0.577 e. The van der Waals surface area contributed by atoms with E-state index in [-0.39, 0.29) is 21.1 Å². The molecule has 12 heteroatoms. The summed E-state index contributed by atoms with van der Waals surface area (Å²) < 4.78 is 4.93. The summed E-state index contributed by atoms with van der Waals surface area (Å²) in [6, 6.07) is 10.1. The zero-order valence-electron chi connectivity index (χ0n) is 10.2. The summed E-state index contributed by atoms with van der Waals surface area (Å²) in [5.74, 6) is 0. The molecule has 114 valence electrons. The van der Waals surface area contributed by atoms with Crippen molar-refractivity contribution in [2.24, 2.45) is 0 Å². The SMILES string of the molecule is COCc1ccccc1.[N-]=O.[N-]=O.[N-]=O.[N-]=O.[N-]=O.[W]. The molecule has 1 aromatic rings. The second-order valence-corrected chi connectivity index (χ2v) is 1.92. The van der Waals surface area contributed by atoms with Crippen molar-refractivity contribution in [1.82, 2.24) is 0 Å². The van der Waals surface area contributed by atoms with Gasteiger partial charge < -0.3 is 57.2 Å². The molecule has 0 heterocycles. The van der Waals surface area contributed by atoms with Crippen LogP contribution in [-0.4, -0.2) is 7.11 Å². The molecule has 0 amide bonds. The van der Waals surface area contributed by atoms with E-state index in [9.17, 15) is 0 Å². The van der Waals surface area contributed by atoms with Gasteiger partial charge in [0.25, 0.3) is 0 Å². The van der Waals surface area contributed by atoms with E-state index in [1.165, 1.54) is 5.56 Å². The largest absolute Gasteiger partial charge is 0.577 e. The first-order valence-corrected chi connectivity index (χ1v) is 3.87. The molecule has 1 rings (SSSR count). The quantitative estimate of drug-likeness (QED) is 0.651. The first kappa shape index (κ1) is 36.1. The second kappa shape index (κ2) is 68.6. The molecule has 0 atom stereocenters. The van der Waals surface area contributed by atoms with Crippen molar-refractivity contribution in [3.05, 3.63) is 88.4 Å². The molecule has 0 saturated carbocycles. The van der Waals surface area contributed by atoms with Gasteiger partial charge in [0.15, 0.2) is 0 Å². The Morgan fingerprint density at radius 3 is 1.30 bits per heavy atom. The Kier molecular flexibility index (Phi) is 124. The fourth-order valence-corrected chi connectivity index (χ4v) is 0.741. The first-order valence-electron chi connectivity index (χ1n) is 3.87. The fraction of sp³-hybridized carbons (Fsp3) is 0.250. The summed E-state index contributed by atoms with van der Waals surface area (Å²) >= 11 is 0. The normalized spacial score (nSPS) is 5.25. The summed E-state index contributed by atoms with van der Waals surface area (Å²) in [5, 5.41) is 0. The number of nitrogens with zero attached hydrogens (tertiary/aromatic N) is 5. The van der Waals surface area contributed by atoms with Crippen molar-refractivity contribution in [3.8, 4) is 0 Å². The number of rotatable bonds is 2. The Hall–Kier alpha value is -2.13. The van der Waals surface area contributed by atoms with E-state index in [0.29, 0.717) is 6.61 Å². The molecule has 0 radical (unpaired) electrons. The standard InChI is InChI=1S/C8H10O.5NO.W/c1-9-7-8-5-3-2-4-6-8;5*1-2;/h2-6H,7H2,1H3;;;;;;/q;5*-1;. The maximum absolute atomic E-state index is 7.25. The van der Waals surface area contributed by atoms with E-state index in [1.54, 1.807) is 7.11 Å². The van der Waals surface area contributed by atoms with Crippen molar-refractivity contribution < 1.29 is 25.8 Å². The third-order valence-electron chi connectivity index (χ3n) is 1.15. The average Bonchev–Trinajstić information content (AvgIpc) is 2.58. The van der Waals surface area contributed by atoms with Gasteiger partial charge in [0.1, 0.15) is 0 Å². The molecule has 0 aliphatic heterocycles. The van der Waals surface area contributed by atoms with Crippen LogP contribution in [-0.2, 0) is 32.4 Å². The average molecular weight is 456 g/mol. The molecule has 20 heavy (non-hydrogen) atoms. The smallest absolute Gasteiger partial charge is 0.0713 e. The monoisotopic (exact) mass is 456 g/mol. The molecule has 0 spiro atoms. The van der Waals surface area contributed by atoms with E-state index < -0.39 is 0 Å². The molecule has 0 aliphatic carbocycles. The van der Waals surface area contributed by atoms with E-state index >= 15 is 0 Å². The van der Waals surface area contributed by atoms with Crippen LogP contribution in [0.4, 0.5) is 0 Å². The summed E-state index contributed by atoms with van der Waals surface area (Å²) in [4.78, 5) is 36.2. The van der Waals surface area contributed by atoms with Crippen LogP contribution in [0.2, 0.25) is 0 Å². The van der Waals surface area contributed by atoms with Gasteiger partial charge in [-0.25, -0.2) is 0 Å². The van der Waals surface area contributed by atoms with Crippen molar-refractivity contribution in [2.75, 3.05) is 7.11 Å². The Morgan fingerprint density at radius 2 is 1.05 bits per heavy atom. The van der Waals surface area contributed by atoms with E-state index in [4.69, 9.17) is 57.2 Å². The van der Waals surface area contributed by atoms with Crippen LogP contribution in [0.15, 0.2) is 30.3 Å². The first-order chi connectivity index (χ1) is 9.43. The molecule has 1 aromatic carbocycles. The van der Waals surface area contributed by atoms with Crippen LogP contribution in [0.1, 0.15) is 5.56 Å². The zero-order chi connectivity index (χ0) is 16.5. The van der Waals surface area contributed by atoms with Crippen LogP contribution in [0.3, 0.4) is 0 Å². The Labute approximate surface area is 128 Å². The summed E-state index contributed by atoms with van der Waals surface area (Å²) in [5.41, 5.74) is 30.0. The van der Waals surface area contributed by atoms with Crippen LogP contribution in [0.5, 0.6) is 0 Å². The molecule has 0 aromatic heterocycles. The molecule has 0 aliphatic rings. The molecule has 0 fully saturated rings. The molecular formula is C8H10N5O6W-5. The van der Waals surface area contributed by atoms with E-state index in [1.807, 2.05) is 30.3 Å². The van der Waals surface area contributed by atoms with Gasteiger partial charge in [-0.3, -0.25) is 0 Å². The van der Waals surface area contributed by atoms with Crippen LogP contribution < -0.4 is 0 Å². The predicted molar refractivity (Wildman–Crippen MR) is 70.8 cm³/mol. The zero-order valence-corrected chi connectivity index (χ0v) is 13.1. The summed E-state index contributed by atoms with van der Waals surface area (Å²) in [7, 11) is 1.70. The number of hydrogen-bond acceptors (Lipinski definition) is 6. The number of hydrogen-bond donors (Lipinski definition) is 0. The summed E-state index contributed by atoms with van der Waals surface area (Å²) in [6.07, 6.45) is 0. The van der Waals surface area contributed by atoms with Gasteiger partial charge in [-0.1, -0.05) is 30.3 Å². The van der Waals surface area contributed by atoms with Gasteiger partial charge in [0, 0.05) is 28.2 Å². The van der Waals surface area contributed by atoms with Gasteiger partial charge in [-0.05, 0) is 5.56 Å². The maximum Gasteiger partial charge on any atom is 0.0713 e. The minimum atomic E-state index is 0. The van der Waals surface area contributed by atoms with Gasteiger partial charge in [0.2, 0.25) is 0 Å². The number of benzene rings is 1. The van der Waals surface area contributed by atoms with Gasteiger partial charge >= 0.3 is 0 Å². The molecule has 0 N–H and O–H groups in total. The van der Waals surface area contributed by atoms with E-state index in [2.05, 4.69) is 0 Å².